The third-order valence-electron chi connectivity index (χ3n) is 6.51. The van der Waals surface area contributed by atoms with Gasteiger partial charge in [-0.2, -0.15) is 0 Å². The Labute approximate surface area is 159 Å². The Morgan fingerprint density at radius 2 is 1.96 bits per heavy atom. The third kappa shape index (κ3) is 3.71. The molecule has 2 aromatic heterocycles. The normalized spacial score (nSPS) is 24.3. The zero-order chi connectivity index (χ0) is 18.0. The van der Waals surface area contributed by atoms with Crippen molar-refractivity contribution in [3.63, 3.8) is 0 Å². The van der Waals surface area contributed by atoms with E-state index in [1.54, 1.807) is 11.3 Å². The van der Waals surface area contributed by atoms with Crippen molar-refractivity contribution in [2.75, 3.05) is 32.8 Å². The van der Waals surface area contributed by atoms with E-state index in [2.05, 4.69) is 36.8 Å². The van der Waals surface area contributed by atoms with Gasteiger partial charge in [0.25, 0.3) is 0 Å². The number of aliphatic hydroxyl groups is 1. The number of hydrogen-bond donors (Lipinski definition) is 1. The molecule has 2 aromatic rings. The van der Waals surface area contributed by atoms with Crippen molar-refractivity contribution in [2.45, 2.75) is 32.4 Å². The van der Waals surface area contributed by atoms with Crippen LogP contribution in [0.5, 0.6) is 0 Å². The largest absolute Gasteiger partial charge is 0.396 e. The van der Waals surface area contributed by atoms with Gasteiger partial charge in [0, 0.05) is 50.8 Å². The fourth-order valence-corrected chi connectivity index (χ4v) is 5.25. The molecule has 0 saturated carbocycles. The van der Waals surface area contributed by atoms with Crippen LogP contribution >= 0.6 is 11.3 Å². The van der Waals surface area contributed by atoms with Crippen LogP contribution in [0.25, 0.3) is 0 Å². The lowest BCUT2D eigenvalue weighted by atomic mass is 9.64. The molecule has 0 unspecified atom stereocenters. The Balaban J connectivity index is 1.34. The number of aromatic nitrogens is 3. The maximum Gasteiger partial charge on any atom is 0.0945 e. The maximum absolute atomic E-state index is 10.1. The fourth-order valence-electron chi connectivity index (χ4n) is 4.70. The van der Waals surface area contributed by atoms with Crippen LogP contribution in [0.4, 0.5) is 0 Å². The summed E-state index contributed by atoms with van der Waals surface area (Å²) in [6.07, 6.45) is 7.43. The number of aliphatic hydroxyl groups excluding tert-OH is 1. The number of piperidine rings is 2. The van der Waals surface area contributed by atoms with E-state index < -0.39 is 0 Å². The molecule has 1 atom stereocenters. The quantitative estimate of drug-likeness (QED) is 0.866. The van der Waals surface area contributed by atoms with Gasteiger partial charge in [-0.15, -0.1) is 11.3 Å². The monoisotopic (exact) mass is 375 g/mol. The highest BCUT2D eigenvalue weighted by Gasteiger charge is 2.44. The van der Waals surface area contributed by atoms with E-state index in [9.17, 15) is 5.11 Å². The van der Waals surface area contributed by atoms with E-state index in [0.29, 0.717) is 17.9 Å². The van der Waals surface area contributed by atoms with Crippen molar-refractivity contribution in [3.8, 4) is 0 Å². The van der Waals surface area contributed by atoms with Crippen molar-refractivity contribution in [1.82, 2.24) is 24.3 Å². The van der Waals surface area contributed by atoms with Gasteiger partial charge in [0.15, 0.2) is 0 Å². The molecule has 2 aliphatic heterocycles. The van der Waals surface area contributed by atoms with Crippen molar-refractivity contribution >= 4 is 11.3 Å². The molecule has 6 nitrogen and oxygen atoms in total. The number of imidazole rings is 1. The number of nitrogens with zero attached hydrogens (tertiary/aromatic N) is 5. The first kappa shape index (κ1) is 18.1. The summed E-state index contributed by atoms with van der Waals surface area (Å²) in [5, 5.41) is 12.2. The molecule has 4 heterocycles. The minimum Gasteiger partial charge on any atom is -0.396 e. The number of rotatable bonds is 5. The van der Waals surface area contributed by atoms with Gasteiger partial charge in [-0.05, 0) is 44.3 Å². The van der Waals surface area contributed by atoms with Crippen LogP contribution < -0.4 is 0 Å². The maximum atomic E-state index is 10.1. The van der Waals surface area contributed by atoms with E-state index in [0.717, 1.165) is 45.0 Å². The molecule has 142 valence electrons. The smallest absolute Gasteiger partial charge is 0.0945 e. The van der Waals surface area contributed by atoms with Gasteiger partial charge in [0.2, 0.25) is 0 Å². The minimum atomic E-state index is 0.301. The summed E-state index contributed by atoms with van der Waals surface area (Å²) >= 11 is 1.66. The van der Waals surface area contributed by atoms with Crippen molar-refractivity contribution < 1.29 is 5.11 Å². The second kappa shape index (κ2) is 7.76. The van der Waals surface area contributed by atoms with Gasteiger partial charge in [0.1, 0.15) is 0 Å². The highest BCUT2D eigenvalue weighted by molar-refractivity contribution is 7.07. The van der Waals surface area contributed by atoms with Crippen LogP contribution in [-0.2, 0) is 20.1 Å². The first-order valence-electron chi connectivity index (χ1n) is 9.56. The van der Waals surface area contributed by atoms with E-state index in [4.69, 9.17) is 0 Å². The molecule has 1 spiro atoms. The second-order valence-corrected chi connectivity index (χ2v) is 8.70. The minimum absolute atomic E-state index is 0.301. The van der Waals surface area contributed by atoms with Crippen LogP contribution in [0.1, 0.15) is 30.7 Å². The SMILES string of the molecule is Cn1cncc1CN1CCC2(CC1)CCN(Cc1cscn1)C[C@H]2CO. The Bertz CT molecular complexity index is 693. The molecule has 1 N–H and O–H groups in total. The molecule has 2 saturated heterocycles. The van der Waals surface area contributed by atoms with Gasteiger partial charge < -0.3 is 9.67 Å². The number of aryl methyl sites for hydroxylation is 1. The Kier molecular flexibility index (Phi) is 5.40. The lowest BCUT2D eigenvalue weighted by molar-refractivity contribution is -0.0454. The van der Waals surface area contributed by atoms with Crippen LogP contribution in [0, 0.1) is 11.3 Å². The molecule has 26 heavy (non-hydrogen) atoms. The summed E-state index contributed by atoms with van der Waals surface area (Å²) in [4.78, 5) is 13.7. The van der Waals surface area contributed by atoms with E-state index in [1.165, 1.54) is 25.0 Å². The molecule has 0 amide bonds. The fraction of sp³-hybridized carbons (Fsp3) is 0.684. The number of likely N-dealkylation sites (tertiary alicyclic amines) is 2. The van der Waals surface area contributed by atoms with Gasteiger partial charge in [-0.1, -0.05) is 0 Å². The average molecular weight is 376 g/mol. The molecular formula is C19H29N5OS. The molecule has 4 rings (SSSR count). The summed E-state index contributed by atoms with van der Waals surface area (Å²) in [7, 11) is 2.06. The standard InChI is InChI=1S/C19H29N5OS/c1-22-14-20-8-18(22)11-23-5-2-19(3-6-23)4-7-24(9-16(19)12-25)10-17-13-26-15-21-17/h8,13-16,25H,2-7,9-12H2,1H3/t16-/m0/s1. The van der Waals surface area contributed by atoms with Crippen LogP contribution in [0.2, 0.25) is 0 Å². The van der Waals surface area contributed by atoms with Crippen molar-refractivity contribution in [1.29, 1.82) is 0 Å². The van der Waals surface area contributed by atoms with Gasteiger partial charge in [-0.3, -0.25) is 9.80 Å². The number of hydrogen-bond acceptors (Lipinski definition) is 6. The Hall–Kier alpha value is -1.28. The second-order valence-electron chi connectivity index (χ2n) is 7.98. The van der Waals surface area contributed by atoms with Crippen LogP contribution in [-0.4, -0.2) is 62.2 Å². The summed E-state index contributed by atoms with van der Waals surface area (Å²) in [6.45, 7) is 6.55. The van der Waals surface area contributed by atoms with E-state index >= 15 is 0 Å². The van der Waals surface area contributed by atoms with Gasteiger partial charge >= 0.3 is 0 Å². The molecule has 2 aliphatic rings. The van der Waals surface area contributed by atoms with E-state index in [1.807, 2.05) is 18.0 Å². The summed E-state index contributed by atoms with van der Waals surface area (Å²) in [5.41, 5.74) is 4.66. The predicted molar refractivity (Wildman–Crippen MR) is 103 cm³/mol. The molecule has 7 heteroatoms. The lowest BCUT2D eigenvalue weighted by Crippen LogP contribution is -2.53. The van der Waals surface area contributed by atoms with Gasteiger partial charge in [0.05, 0.1) is 23.2 Å². The average Bonchev–Trinajstić information content (AvgIpc) is 3.31. The molecule has 0 aromatic carbocycles. The molecule has 2 fully saturated rings. The first-order chi connectivity index (χ1) is 12.7. The predicted octanol–water partition coefficient (Wildman–Crippen LogP) is 1.97. The first-order valence-corrected chi connectivity index (χ1v) is 10.5. The Morgan fingerprint density at radius 3 is 2.58 bits per heavy atom. The molecule has 0 bridgehead atoms. The van der Waals surface area contributed by atoms with Crippen molar-refractivity contribution in [2.24, 2.45) is 18.4 Å². The number of thiazole rings is 1. The van der Waals surface area contributed by atoms with E-state index in [-0.39, 0.29) is 0 Å². The highest BCUT2D eigenvalue weighted by atomic mass is 32.1. The summed E-state index contributed by atoms with van der Waals surface area (Å²) in [5.74, 6) is 0.383. The topological polar surface area (TPSA) is 57.4 Å². The third-order valence-corrected chi connectivity index (χ3v) is 7.15. The molecular weight excluding hydrogens is 346 g/mol. The molecule has 0 radical (unpaired) electrons. The lowest BCUT2D eigenvalue weighted by Gasteiger charge is -2.51. The summed E-state index contributed by atoms with van der Waals surface area (Å²) in [6, 6.07) is 0. The van der Waals surface area contributed by atoms with Crippen LogP contribution in [0.3, 0.4) is 0 Å². The van der Waals surface area contributed by atoms with Crippen LogP contribution in [0.15, 0.2) is 23.4 Å². The van der Waals surface area contributed by atoms with Crippen molar-refractivity contribution in [3.05, 3.63) is 34.8 Å². The summed E-state index contributed by atoms with van der Waals surface area (Å²) < 4.78 is 2.11. The molecule has 0 aliphatic carbocycles. The zero-order valence-electron chi connectivity index (χ0n) is 15.5. The van der Waals surface area contributed by atoms with Gasteiger partial charge in [-0.25, -0.2) is 9.97 Å². The Morgan fingerprint density at radius 1 is 1.19 bits per heavy atom. The zero-order valence-corrected chi connectivity index (χ0v) is 16.4. The highest BCUT2D eigenvalue weighted by Crippen LogP contribution is 2.45.